The van der Waals surface area contributed by atoms with Crippen LogP contribution in [0.5, 0.6) is 0 Å². The molecule has 376 valence electrons. The van der Waals surface area contributed by atoms with E-state index in [0.717, 1.165) is 89.9 Å². The number of likely N-dealkylation sites (N-methyl/N-ethyl adjacent to an activating group) is 1. The number of rotatable bonds is 46. The van der Waals surface area contributed by atoms with E-state index in [0.29, 0.717) is 23.9 Å². The third-order valence-electron chi connectivity index (χ3n) is 11.1. The molecule has 0 aliphatic rings. The van der Waals surface area contributed by atoms with E-state index in [1.807, 2.05) is 27.2 Å². The second kappa shape index (κ2) is 45.2. The fourth-order valence-electron chi connectivity index (χ4n) is 6.96. The molecule has 0 spiro atoms. The Bertz CT molecular complexity index is 1350. The number of phosphoric acid groups is 1. The van der Waals surface area contributed by atoms with Crippen LogP contribution in [0, 0.1) is 0 Å². The number of hydrogen-bond donors (Lipinski definition) is 1. The van der Waals surface area contributed by atoms with Crippen molar-refractivity contribution in [1.82, 2.24) is 5.32 Å². The number of hydrogen-bond acceptors (Lipinski definition) is 7. The van der Waals surface area contributed by atoms with Gasteiger partial charge < -0.3 is 28.5 Å². The van der Waals surface area contributed by atoms with Gasteiger partial charge in [0.25, 0.3) is 7.82 Å². The van der Waals surface area contributed by atoms with Gasteiger partial charge >= 0.3 is 5.97 Å². The molecule has 0 heterocycles. The van der Waals surface area contributed by atoms with E-state index in [2.05, 4.69) is 86.8 Å². The lowest BCUT2D eigenvalue weighted by atomic mass is 10.1. The SMILES string of the molecule is CCCC/C=C\CCCCCCCC(=O)NC(COP(=O)([O-])OCC[N+](C)(C)C)C(/C=C\CCCCCCCCCCC)OC(=O)CCC/C=C\C/C=C\C/C=C\C/C=C\CCCCC. The van der Waals surface area contributed by atoms with Gasteiger partial charge in [0.1, 0.15) is 19.3 Å². The summed E-state index contributed by atoms with van der Waals surface area (Å²) in [5.74, 6) is -0.624. The summed E-state index contributed by atoms with van der Waals surface area (Å²) in [5.41, 5.74) is 0. The first-order chi connectivity index (χ1) is 31.4. The van der Waals surface area contributed by atoms with Crippen LogP contribution in [0.2, 0.25) is 0 Å². The molecule has 0 aromatic heterocycles. The zero-order valence-corrected chi connectivity index (χ0v) is 43.6. The number of nitrogens with one attached hydrogen (secondary N) is 1. The van der Waals surface area contributed by atoms with Gasteiger partial charge in [0.2, 0.25) is 5.91 Å². The maximum Gasteiger partial charge on any atom is 0.306 e. The summed E-state index contributed by atoms with van der Waals surface area (Å²) in [4.78, 5) is 39.6. The third kappa shape index (κ3) is 46.4. The van der Waals surface area contributed by atoms with Crippen LogP contribution >= 0.6 is 7.82 Å². The Morgan fingerprint density at radius 1 is 0.538 bits per heavy atom. The van der Waals surface area contributed by atoms with Crippen molar-refractivity contribution in [2.45, 2.75) is 226 Å². The van der Waals surface area contributed by atoms with Gasteiger partial charge in [-0.3, -0.25) is 14.2 Å². The molecule has 0 saturated carbocycles. The van der Waals surface area contributed by atoms with E-state index in [-0.39, 0.29) is 18.9 Å². The van der Waals surface area contributed by atoms with Crippen LogP contribution in [0.4, 0.5) is 0 Å². The number of quaternary nitrogens is 1. The van der Waals surface area contributed by atoms with Crippen LogP contribution in [0.1, 0.15) is 213 Å². The normalized spacial score (nSPS) is 14.5. The van der Waals surface area contributed by atoms with E-state index in [1.54, 1.807) is 6.08 Å². The summed E-state index contributed by atoms with van der Waals surface area (Å²) in [6.45, 7) is 6.70. The van der Waals surface area contributed by atoms with Crippen molar-refractivity contribution in [3.63, 3.8) is 0 Å². The Morgan fingerprint density at radius 3 is 1.52 bits per heavy atom. The minimum atomic E-state index is -4.70. The van der Waals surface area contributed by atoms with E-state index >= 15 is 0 Å². The van der Waals surface area contributed by atoms with Crippen LogP contribution in [0.3, 0.4) is 0 Å². The molecule has 9 nitrogen and oxygen atoms in total. The summed E-state index contributed by atoms with van der Waals surface area (Å²) in [7, 11) is 1.14. The molecule has 65 heavy (non-hydrogen) atoms. The van der Waals surface area contributed by atoms with Crippen LogP contribution in [0.25, 0.3) is 0 Å². The smallest absolute Gasteiger partial charge is 0.306 e. The van der Waals surface area contributed by atoms with Crippen LogP contribution in [-0.4, -0.2) is 69.4 Å². The number of esters is 1. The zero-order chi connectivity index (χ0) is 48.0. The van der Waals surface area contributed by atoms with Gasteiger partial charge in [0, 0.05) is 12.8 Å². The molecule has 0 radical (unpaired) electrons. The van der Waals surface area contributed by atoms with Gasteiger partial charge in [-0.25, -0.2) is 0 Å². The molecular formula is C55H99N2O7P. The molecule has 0 aromatic carbocycles. The number of allylic oxidation sites excluding steroid dienone is 11. The van der Waals surface area contributed by atoms with Gasteiger partial charge in [-0.2, -0.15) is 0 Å². The summed E-state index contributed by atoms with van der Waals surface area (Å²) in [5, 5.41) is 2.98. The minimum Gasteiger partial charge on any atom is -0.756 e. The molecule has 3 atom stereocenters. The molecular weight excluding hydrogens is 832 g/mol. The summed E-state index contributed by atoms with van der Waals surface area (Å²) < 4.78 is 30.0. The van der Waals surface area contributed by atoms with Crippen molar-refractivity contribution in [2.75, 3.05) is 40.9 Å². The average molecular weight is 931 g/mol. The lowest BCUT2D eigenvalue weighted by Crippen LogP contribution is -2.47. The molecule has 1 amide bonds. The maximum absolute atomic E-state index is 13.4. The third-order valence-corrected chi connectivity index (χ3v) is 12.1. The predicted octanol–water partition coefficient (Wildman–Crippen LogP) is 14.7. The molecule has 0 aliphatic carbocycles. The fraction of sp³-hybridized carbons (Fsp3) is 0.745. The molecule has 0 bridgehead atoms. The van der Waals surface area contributed by atoms with Gasteiger partial charge in [0.05, 0.1) is 33.8 Å². The van der Waals surface area contributed by atoms with E-state index in [1.165, 1.54) is 83.5 Å². The summed E-state index contributed by atoms with van der Waals surface area (Å²) >= 11 is 0. The number of nitrogens with zero attached hydrogens (tertiary/aromatic N) is 1. The summed E-state index contributed by atoms with van der Waals surface area (Å²) in [6, 6.07) is -0.914. The van der Waals surface area contributed by atoms with Gasteiger partial charge in [-0.15, -0.1) is 0 Å². The van der Waals surface area contributed by atoms with E-state index in [4.69, 9.17) is 13.8 Å². The quantitative estimate of drug-likeness (QED) is 0.0213. The van der Waals surface area contributed by atoms with Crippen molar-refractivity contribution in [3.8, 4) is 0 Å². The van der Waals surface area contributed by atoms with Crippen LogP contribution in [0.15, 0.2) is 72.9 Å². The standard InChI is InChI=1S/C55H99N2O7P/c1-7-10-13-16-19-22-25-26-27-28-29-30-33-36-39-42-45-48-55(59)64-53(46-43-40-37-34-31-23-20-17-14-11-8-2)52(51-63-65(60,61)62-50-49-57(4,5)6)56-54(58)47-44-41-38-35-32-24-21-18-15-12-9-3/h18-19,21-22,26-27,29-30,36,39,43,46,52-53H,7-17,20,23-25,28,31-35,37-38,40-42,44-45,47-51H2,1-6H3,(H-,56,58,60,61)/b21-18-,22-19-,27-26-,30-29-,39-36-,46-43-. The van der Waals surface area contributed by atoms with Crippen LogP contribution in [-0.2, 0) is 27.9 Å². The monoisotopic (exact) mass is 931 g/mol. The largest absolute Gasteiger partial charge is 0.756 e. The topological polar surface area (TPSA) is 114 Å². The first-order valence-corrected chi connectivity index (χ1v) is 27.7. The Kier molecular flexibility index (Phi) is 43.5. The van der Waals surface area contributed by atoms with Gasteiger partial charge in [0.15, 0.2) is 0 Å². The van der Waals surface area contributed by atoms with Crippen molar-refractivity contribution in [1.29, 1.82) is 0 Å². The number of phosphoric ester groups is 1. The lowest BCUT2D eigenvalue weighted by molar-refractivity contribution is -0.870. The highest BCUT2D eigenvalue weighted by Crippen LogP contribution is 2.38. The highest BCUT2D eigenvalue weighted by molar-refractivity contribution is 7.45. The number of carbonyl (C=O) groups is 2. The molecule has 1 N–H and O–H groups in total. The molecule has 0 aromatic rings. The predicted molar refractivity (Wildman–Crippen MR) is 275 cm³/mol. The molecule has 0 fully saturated rings. The van der Waals surface area contributed by atoms with Crippen molar-refractivity contribution >= 4 is 19.7 Å². The van der Waals surface area contributed by atoms with Crippen molar-refractivity contribution < 1.29 is 37.3 Å². The average Bonchev–Trinajstić information content (AvgIpc) is 3.26. The first-order valence-electron chi connectivity index (χ1n) is 26.2. The van der Waals surface area contributed by atoms with E-state index in [9.17, 15) is 19.0 Å². The zero-order valence-electron chi connectivity index (χ0n) is 42.7. The lowest BCUT2D eigenvalue weighted by Gasteiger charge is -2.30. The molecule has 0 saturated heterocycles. The molecule has 10 heteroatoms. The number of unbranched alkanes of at least 4 members (excludes halogenated alkanes) is 20. The van der Waals surface area contributed by atoms with E-state index < -0.39 is 32.5 Å². The molecule has 0 aliphatic heterocycles. The number of ether oxygens (including phenoxy) is 1. The second-order valence-corrected chi connectivity index (χ2v) is 20.1. The Hall–Kier alpha value is -2.55. The highest BCUT2D eigenvalue weighted by atomic mass is 31.2. The second-order valence-electron chi connectivity index (χ2n) is 18.7. The Morgan fingerprint density at radius 2 is 0.969 bits per heavy atom. The number of amides is 1. The first kappa shape index (κ1) is 62.4. The Labute approximate surface area is 400 Å². The maximum atomic E-state index is 13.4. The minimum absolute atomic E-state index is 0.0348. The van der Waals surface area contributed by atoms with Crippen LogP contribution < -0.4 is 10.2 Å². The molecule has 3 unspecified atom stereocenters. The fourth-order valence-corrected chi connectivity index (χ4v) is 7.69. The van der Waals surface area contributed by atoms with Gasteiger partial charge in [-0.1, -0.05) is 184 Å². The molecule has 0 rings (SSSR count). The van der Waals surface area contributed by atoms with Crippen molar-refractivity contribution in [3.05, 3.63) is 72.9 Å². The van der Waals surface area contributed by atoms with Gasteiger partial charge in [-0.05, 0) is 89.5 Å². The highest BCUT2D eigenvalue weighted by Gasteiger charge is 2.27. The van der Waals surface area contributed by atoms with Crippen molar-refractivity contribution in [2.24, 2.45) is 0 Å². The number of carbonyl (C=O) groups excluding carboxylic acids is 2. The summed E-state index contributed by atoms with van der Waals surface area (Å²) in [6.07, 6.45) is 55.9. The Balaban J connectivity index is 5.50.